The maximum atomic E-state index is 13.1. The number of rotatable bonds is 5. The van der Waals surface area contributed by atoms with Gasteiger partial charge in [-0.25, -0.2) is 9.78 Å². The fraction of sp³-hybridized carbons (Fsp3) is 0.190. The Morgan fingerprint density at radius 1 is 1.16 bits per heavy atom. The predicted molar refractivity (Wildman–Crippen MR) is 108 cm³/mol. The van der Waals surface area contributed by atoms with E-state index in [2.05, 4.69) is 10.1 Å². The Morgan fingerprint density at radius 2 is 1.94 bits per heavy atom. The Kier molecular flexibility index (Phi) is 4.90. The van der Waals surface area contributed by atoms with Crippen molar-refractivity contribution in [1.29, 1.82) is 0 Å². The first kappa shape index (κ1) is 20.1. The number of fused-ring (bicyclic) bond motifs is 1. The second-order valence-electron chi connectivity index (χ2n) is 6.81. The third-order valence-corrected chi connectivity index (χ3v) is 4.72. The van der Waals surface area contributed by atoms with Crippen molar-refractivity contribution in [2.45, 2.75) is 20.8 Å². The number of pyridine rings is 1. The van der Waals surface area contributed by atoms with Crippen LogP contribution in [-0.2, 0) is 0 Å². The highest BCUT2D eigenvalue weighted by Crippen LogP contribution is 2.34. The molecular formula is C21H17N3O7. The van der Waals surface area contributed by atoms with Gasteiger partial charge in [0.2, 0.25) is 5.75 Å². The number of furan rings is 1. The number of hydrogen-bond donors (Lipinski definition) is 0. The van der Waals surface area contributed by atoms with E-state index in [1.165, 1.54) is 31.4 Å². The fourth-order valence-electron chi connectivity index (χ4n) is 3.29. The van der Waals surface area contributed by atoms with Gasteiger partial charge in [0.05, 0.1) is 40.4 Å². The number of carbonyl (C=O) groups excluding carboxylic acids is 1. The standard InChI is InChI=1S/C21H17N3O7/c1-10-7-14(12(3)29-10)16-9-15(19-11(2)23-31-20(19)22-16)21(25)30-18-6-5-13(28-4)8-17(18)24(26)27/h5-9H,1-4H3. The molecule has 3 aromatic heterocycles. The first-order valence-corrected chi connectivity index (χ1v) is 9.17. The average molecular weight is 423 g/mol. The van der Waals surface area contributed by atoms with E-state index in [1.807, 2.05) is 0 Å². The van der Waals surface area contributed by atoms with Crippen LogP contribution in [0.5, 0.6) is 11.5 Å². The summed E-state index contributed by atoms with van der Waals surface area (Å²) in [6, 6.07) is 7.26. The van der Waals surface area contributed by atoms with Crippen molar-refractivity contribution in [2.75, 3.05) is 7.11 Å². The zero-order valence-corrected chi connectivity index (χ0v) is 17.1. The van der Waals surface area contributed by atoms with Gasteiger partial charge < -0.3 is 18.4 Å². The molecule has 0 amide bonds. The van der Waals surface area contributed by atoms with Gasteiger partial charge in [-0.3, -0.25) is 10.1 Å². The van der Waals surface area contributed by atoms with Crippen LogP contribution in [0.25, 0.3) is 22.4 Å². The van der Waals surface area contributed by atoms with Gasteiger partial charge in [-0.05, 0) is 45.0 Å². The van der Waals surface area contributed by atoms with Crippen LogP contribution in [0, 0.1) is 30.9 Å². The van der Waals surface area contributed by atoms with E-state index in [9.17, 15) is 14.9 Å². The maximum absolute atomic E-state index is 13.1. The molecule has 0 aliphatic heterocycles. The van der Waals surface area contributed by atoms with Crippen LogP contribution in [0.2, 0.25) is 0 Å². The lowest BCUT2D eigenvalue weighted by Gasteiger charge is -2.08. The lowest BCUT2D eigenvalue weighted by molar-refractivity contribution is -0.385. The summed E-state index contributed by atoms with van der Waals surface area (Å²) < 4.78 is 21.2. The van der Waals surface area contributed by atoms with Gasteiger partial charge >= 0.3 is 11.7 Å². The molecule has 0 radical (unpaired) electrons. The summed E-state index contributed by atoms with van der Waals surface area (Å²) in [7, 11) is 1.38. The summed E-state index contributed by atoms with van der Waals surface area (Å²) in [5.41, 5.74) is 1.39. The first-order chi connectivity index (χ1) is 14.8. The van der Waals surface area contributed by atoms with E-state index in [0.29, 0.717) is 33.9 Å². The highest BCUT2D eigenvalue weighted by molar-refractivity contribution is 6.05. The highest BCUT2D eigenvalue weighted by Gasteiger charge is 2.25. The molecule has 0 unspecified atom stereocenters. The van der Waals surface area contributed by atoms with E-state index in [1.54, 1.807) is 26.8 Å². The number of benzene rings is 1. The zero-order valence-electron chi connectivity index (χ0n) is 17.1. The van der Waals surface area contributed by atoms with Gasteiger partial charge in [0, 0.05) is 5.56 Å². The van der Waals surface area contributed by atoms with Gasteiger partial charge in [-0.2, -0.15) is 0 Å². The highest BCUT2D eigenvalue weighted by atomic mass is 16.6. The number of carbonyl (C=O) groups is 1. The molecule has 31 heavy (non-hydrogen) atoms. The van der Waals surface area contributed by atoms with Crippen molar-refractivity contribution in [1.82, 2.24) is 10.1 Å². The third-order valence-electron chi connectivity index (χ3n) is 4.72. The molecule has 0 aliphatic rings. The number of ether oxygens (including phenoxy) is 2. The van der Waals surface area contributed by atoms with Crippen LogP contribution in [0.1, 0.15) is 27.6 Å². The number of nitro groups is 1. The summed E-state index contributed by atoms with van der Waals surface area (Å²) in [5.74, 6) is 0.533. The largest absolute Gasteiger partial charge is 0.496 e. The summed E-state index contributed by atoms with van der Waals surface area (Å²) >= 11 is 0. The van der Waals surface area contributed by atoms with E-state index >= 15 is 0 Å². The van der Waals surface area contributed by atoms with Gasteiger partial charge in [0.1, 0.15) is 17.3 Å². The van der Waals surface area contributed by atoms with Gasteiger partial charge in [0.25, 0.3) is 5.71 Å². The Morgan fingerprint density at radius 3 is 2.58 bits per heavy atom. The topological polar surface area (TPSA) is 131 Å². The van der Waals surface area contributed by atoms with Gasteiger partial charge in [-0.1, -0.05) is 5.16 Å². The maximum Gasteiger partial charge on any atom is 0.344 e. The minimum Gasteiger partial charge on any atom is -0.496 e. The molecule has 0 aliphatic carbocycles. The zero-order chi connectivity index (χ0) is 22.3. The van der Waals surface area contributed by atoms with Crippen molar-refractivity contribution >= 4 is 22.8 Å². The molecule has 10 heteroatoms. The first-order valence-electron chi connectivity index (χ1n) is 9.17. The van der Waals surface area contributed by atoms with E-state index in [-0.39, 0.29) is 22.8 Å². The van der Waals surface area contributed by atoms with E-state index in [0.717, 1.165) is 0 Å². The SMILES string of the molecule is COc1ccc(OC(=O)c2cc(-c3cc(C)oc3C)nc3onc(C)c23)c([N+](=O)[O-])c1. The van der Waals surface area contributed by atoms with Crippen molar-refractivity contribution in [3.05, 3.63) is 63.2 Å². The minimum atomic E-state index is -0.814. The summed E-state index contributed by atoms with van der Waals surface area (Å²) in [6.07, 6.45) is 0. The molecular weight excluding hydrogens is 406 g/mol. The van der Waals surface area contributed by atoms with E-state index < -0.39 is 16.6 Å². The molecule has 158 valence electrons. The molecule has 1 aromatic carbocycles. The van der Waals surface area contributed by atoms with Crippen LogP contribution in [0.4, 0.5) is 5.69 Å². The molecule has 3 heterocycles. The predicted octanol–water partition coefficient (Wildman–Crippen LogP) is 4.54. The summed E-state index contributed by atoms with van der Waals surface area (Å²) in [6.45, 7) is 5.23. The second-order valence-corrected chi connectivity index (χ2v) is 6.81. The smallest absolute Gasteiger partial charge is 0.344 e. The minimum absolute atomic E-state index is 0.113. The van der Waals surface area contributed by atoms with Crippen molar-refractivity contribution in [3.8, 4) is 22.8 Å². The van der Waals surface area contributed by atoms with Crippen molar-refractivity contribution in [3.63, 3.8) is 0 Å². The van der Waals surface area contributed by atoms with Crippen LogP contribution in [0.15, 0.2) is 39.3 Å². The molecule has 0 bridgehead atoms. The van der Waals surface area contributed by atoms with Gasteiger partial charge in [-0.15, -0.1) is 0 Å². The molecule has 4 rings (SSSR count). The van der Waals surface area contributed by atoms with Crippen molar-refractivity contribution < 1.29 is 28.1 Å². The van der Waals surface area contributed by atoms with Crippen LogP contribution < -0.4 is 9.47 Å². The number of hydrogen-bond acceptors (Lipinski definition) is 9. The Balaban J connectivity index is 1.82. The third kappa shape index (κ3) is 3.59. The Hall–Kier alpha value is -4.21. The molecule has 0 saturated carbocycles. The number of esters is 1. The molecule has 0 saturated heterocycles. The van der Waals surface area contributed by atoms with Crippen LogP contribution in [-0.4, -0.2) is 28.1 Å². The summed E-state index contributed by atoms with van der Waals surface area (Å²) in [5, 5.41) is 15.7. The van der Waals surface area contributed by atoms with E-state index in [4.69, 9.17) is 18.4 Å². The quantitative estimate of drug-likeness (QED) is 0.196. The van der Waals surface area contributed by atoms with Crippen molar-refractivity contribution in [2.24, 2.45) is 0 Å². The number of nitrogens with zero attached hydrogens (tertiary/aromatic N) is 3. The molecule has 10 nitrogen and oxygen atoms in total. The molecule has 0 atom stereocenters. The average Bonchev–Trinajstić information content (AvgIpc) is 3.28. The number of aromatic nitrogens is 2. The fourth-order valence-corrected chi connectivity index (χ4v) is 3.29. The normalized spacial score (nSPS) is 11.0. The molecule has 0 N–H and O–H groups in total. The molecule has 0 spiro atoms. The number of methoxy groups -OCH3 is 1. The van der Waals surface area contributed by atoms with Crippen LogP contribution >= 0.6 is 0 Å². The lowest BCUT2D eigenvalue weighted by atomic mass is 10.1. The van der Waals surface area contributed by atoms with Gasteiger partial charge in [0.15, 0.2) is 0 Å². The second kappa shape index (κ2) is 7.56. The lowest BCUT2D eigenvalue weighted by Crippen LogP contribution is -2.11. The molecule has 0 fully saturated rings. The Labute approximate surface area is 175 Å². The number of aryl methyl sites for hydroxylation is 3. The monoisotopic (exact) mass is 423 g/mol. The Bertz CT molecular complexity index is 1340. The molecule has 4 aromatic rings. The summed E-state index contributed by atoms with van der Waals surface area (Å²) in [4.78, 5) is 28.3. The van der Waals surface area contributed by atoms with Crippen LogP contribution in [0.3, 0.4) is 0 Å². The number of nitro benzene ring substituents is 1.